The molecule has 2 nitrogen and oxygen atoms in total. The molecule has 0 saturated heterocycles. The smallest absolute Gasteiger partial charge is 0.111 e. The van der Waals surface area contributed by atoms with E-state index in [0.29, 0.717) is 5.92 Å². The molecular weight excluding hydrogens is 210 g/mol. The minimum absolute atomic E-state index is 0.540. The van der Waals surface area contributed by atoms with Crippen molar-refractivity contribution in [3.8, 4) is 6.07 Å². The summed E-state index contributed by atoms with van der Waals surface area (Å²) in [5.74, 6) is 0.540. The Hall–Kier alpha value is -1.33. The van der Waals surface area contributed by atoms with Gasteiger partial charge >= 0.3 is 0 Å². The van der Waals surface area contributed by atoms with Gasteiger partial charge in [0.15, 0.2) is 0 Å². The van der Waals surface area contributed by atoms with Crippen molar-refractivity contribution in [1.29, 1.82) is 5.26 Å². The third-order valence-corrected chi connectivity index (χ3v) is 4.60. The number of benzene rings is 1. The van der Waals surface area contributed by atoms with Crippen LogP contribution in [0.2, 0.25) is 0 Å². The highest BCUT2D eigenvalue weighted by Gasteiger charge is 2.59. The fraction of sp³-hybridized carbons (Fsp3) is 0.533. The zero-order chi connectivity index (χ0) is 12.1. The minimum atomic E-state index is -0.798. The average Bonchev–Trinajstić information content (AvgIpc) is 2.67. The van der Waals surface area contributed by atoms with Gasteiger partial charge in [-0.25, -0.2) is 0 Å². The Balaban J connectivity index is 2.10. The van der Waals surface area contributed by atoms with E-state index in [4.69, 9.17) is 0 Å². The van der Waals surface area contributed by atoms with E-state index in [2.05, 4.69) is 19.1 Å². The average molecular weight is 227 g/mol. The molecule has 1 saturated carbocycles. The minimum Gasteiger partial charge on any atom is -0.388 e. The van der Waals surface area contributed by atoms with Crippen LogP contribution in [-0.2, 0) is 11.8 Å². The second-order valence-electron chi connectivity index (χ2n) is 5.72. The summed E-state index contributed by atoms with van der Waals surface area (Å²) in [7, 11) is 0. The van der Waals surface area contributed by atoms with Crippen molar-refractivity contribution >= 4 is 0 Å². The second kappa shape index (κ2) is 3.34. The lowest BCUT2D eigenvalue weighted by molar-refractivity contribution is -0.111. The number of hydrogen-bond donors (Lipinski definition) is 1. The molecule has 0 aromatic heterocycles. The summed E-state index contributed by atoms with van der Waals surface area (Å²) in [6, 6.07) is 10.5. The van der Waals surface area contributed by atoms with Crippen molar-refractivity contribution in [2.75, 3.05) is 0 Å². The molecule has 17 heavy (non-hydrogen) atoms. The monoisotopic (exact) mass is 227 g/mol. The molecule has 1 unspecified atom stereocenters. The topological polar surface area (TPSA) is 44.0 Å². The maximum Gasteiger partial charge on any atom is 0.111 e. The van der Waals surface area contributed by atoms with E-state index >= 15 is 0 Å². The fourth-order valence-corrected chi connectivity index (χ4v) is 3.76. The van der Waals surface area contributed by atoms with Gasteiger partial charge in [0.2, 0.25) is 0 Å². The molecule has 1 aromatic rings. The Kier molecular flexibility index (Phi) is 2.12. The number of rotatable bonds is 1. The molecule has 1 fully saturated rings. The van der Waals surface area contributed by atoms with Crippen molar-refractivity contribution in [2.24, 2.45) is 5.92 Å². The quantitative estimate of drug-likeness (QED) is 0.801. The number of aliphatic hydroxyl groups is 1. The van der Waals surface area contributed by atoms with Crippen LogP contribution in [0.5, 0.6) is 0 Å². The van der Waals surface area contributed by atoms with Gasteiger partial charge in [0.1, 0.15) is 5.41 Å². The van der Waals surface area contributed by atoms with Gasteiger partial charge < -0.3 is 5.11 Å². The van der Waals surface area contributed by atoms with Crippen LogP contribution in [0, 0.1) is 17.2 Å². The lowest BCUT2D eigenvalue weighted by Gasteiger charge is -2.51. The molecule has 1 atom stereocenters. The first-order valence-corrected chi connectivity index (χ1v) is 6.33. The molecule has 0 amide bonds. The van der Waals surface area contributed by atoms with Gasteiger partial charge in [-0.3, -0.25) is 0 Å². The normalized spacial score (nSPS) is 39.2. The molecule has 2 aliphatic rings. The Morgan fingerprint density at radius 1 is 1.35 bits per heavy atom. The van der Waals surface area contributed by atoms with Crippen molar-refractivity contribution in [1.82, 2.24) is 0 Å². The standard InChI is InChI=1S/C15H17NO/c1-11-8-15(17,9-11)14(10-16)7-6-12-4-2-3-5-13(12)14/h2-5,11,17H,6-9H2,1H3. The van der Waals surface area contributed by atoms with Gasteiger partial charge in [-0.1, -0.05) is 31.2 Å². The predicted molar refractivity (Wildman–Crippen MR) is 65.4 cm³/mol. The van der Waals surface area contributed by atoms with E-state index in [0.717, 1.165) is 31.2 Å². The molecule has 0 heterocycles. The molecular formula is C15H17NO. The first-order chi connectivity index (χ1) is 8.11. The summed E-state index contributed by atoms with van der Waals surface area (Å²) in [4.78, 5) is 0. The highest BCUT2D eigenvalue weighted by molar-refractivity contribution is 5.48. The Morgan fingerprint density at radius 2 is 2.06 bits per heavy atom. The summed E-state index contributed by atoms with van der Waals surface area (Å²) < 4.78 is 0. The Labute approximate surface area is 102 Å². The molecule has 2 aliphatic carbocycles. The number of hydrogen-bond acceptors (Lipinski definition) is 2. The maximum atomic E-state index is 10.8. The zero-order valence-electron chi connectivity index (χ0n) is 10.1. The molecule has 3 rings (SSSR count). The largest absolute Gasteiger partial charge is 0.388 e. The summed E-state index contributed by atoms with van der Waals surface area (Å²) in [5.41, 5.74) is 0.850. The second-order valence-corrected chi connectivity index (χ2v) is 5.72. The third-order valence-electron chi connectivity index (χ3n) is 4.60. The van der Waals surface area contributed by atoms with Gasteiger partial charge in [-0.05, 0) is 42.7 Å². The van der Waals surface area contributed by atoms with Gasteiger partial charge in [0, 0.05) is 0 Å². The van der Waals surface area contributed by atoms with Crippen molar-refractivity contribution in [3.05, 3.63) is 35.4 Å². The van der Waals surface area contributed by atoms with Crippen LogP contribution < -0.4 is 0 Å². The first kappa shape index (κ1) is 10.8. The van der Waals surface area contributed by atoms with Gasteiger partial charge in [0.05, 0.1) is 11.7 Å². The number of aryl methyl sites for hydroxylation is 1. The van der Waals surface area contributed by atoms with Gasteiger partial charge in [-0.2, -0.15) is 5.26 Å². The summed E-state index contributed by atoms with van der Waals surface area (Å²) in [5, 5.41) is 20.4. The van der Waals surface area contributed by atoms with Crippen molar-refractivity contribution in [3.63, 3.8) is 0 Å². The van der Waals surface area contributed by atoms with Crippen LogP contribution in [0.3, 0.4) is 0 Å². The maximum absolute atomic E-state index is 10.8. The molecule has 2 heteroatoms. The van der Waals surface area contributed by atoms with Crippen LogP contribution in [0.4, 0.5) is 0 Å². The molecule has 0 spiro atoms. The summed E-state index contributed by atoms with van der Waals surface area (Å²) in [6.45, 7) is 2.14. The Bertz CT molecular complexity index is 496. The SMILES string of the molecule is CC1CC(O)(C2(C#N)CCc3ccccc32)C1. The highest BCUT2D eigenvalue weighted by Crippen LogP contribution is 2.55. The van der Waals surface area contributed by atoms with Crippen LogP contribution in [0.25, 0.3) is 0 Å². The zero-order valence-corrected chi connectivity index (χ0v) is 10.1. The molecule has 0 aliphatic heterocycles. The van der Waals surface area contributed by atoms with E-state index in [9.17, 15) is 10.4 Å². The van der Waals surface area contributed by atoms with Crippen molar-refractivity contribution < 1.29 is 5.11 Å². The van der Waals surface area contributed by atoms with Crippen LogP contribution in [0.1, 0.15) is 37.3 Å². The number of nitriles is 1. The number of fused-ring (bicyclic) bond motifs is 1. The first-order valence-electron chi connectivity index (χ1n) is 6.33. The van der Waals surface area contributed by atoms with E-state index in [-0.39, 0.29) is 0 Å². The number of nitrogens with zero attached hydrogens (tertiary/aromatic N) is 1. The lowest BCUT2D eigenvalue weighted by Crippen LogP contribution is -2.57. The highest BCUT2D eigenvalue weighted by atomic mass is 16.3. The lowest BCUT2D eigenvalue weighted by atomic mass is 9.56. The molecule has 0 radical (unpaired) electrons. The summed E-state index contributed by atoms with van der Waals surface area (Å²) >= 11 is 0. The van der Waals surface area contributed by atoms with Gasteiger partial charge in [-0.15, -0.1) is 0 Å². The fourth-order valence-electron chi connectivity index (χ4n) is 3.76. The van der Waals surface area contributed by atoms with Crippen LogP contribution in [0.15, 0.2) is 24.3 Å². The Morgan fingerprint density at radius 3 is 2.71 bits per heavy atom. The van der Waals surface area contributed by atoms with Crippen molar-refractivity contribution in [2.45, 2.75) is 43.6 Å². The van der Waals surface area contributed by atoms with E-state index in [1.165, 1.54) is 5.56 Å². The summed E-state index contributed by atoms with van der Waals surface area (Å²) in [6.07, 6.45) is 3.20. The third kappa shape index (κ3) is 1.23. The molecule has 1 N–H and O–H groups in total. The van der Waals surface area contributed by atoms with E-state index < -0.39 is 11.0 Å². The predicted octanol–water partition coefficient (Wildman–Crippen LogP) is 2.56. The van der Waals surface area contributed by atoms with E-state index in [1.807, 2.05) is 18.2 Å². The molecule has 0 bridgehead atoms. The van der Waals surface area contributed by atoms with Crippen LogP contribution >= 0.6 is 0 Å². The molecule has 1 aromatic carbocycles. The van der Waals surface area contributed by atoms with Crippen LogP contribution in [-0.4, -0.2) is 10.7 Å². The molecule has 88 valence electrons. The van der Waals surface area contributed by atoms with E-state index in [1.54, 1.807) is 0 Å². The van der Waals surface area contributed by atoms with Gasteiger partial charge in [0.25, 0.3) is 0 Å².